The summed E-state index contributed by atoms with van der Waals surface area (Å²) < 4.78 is 0. The molecule has 1 saturated carbocycles. The molecule has 31 heavy (non-hydrogen) atoms. The van der Waals surface area contributed by atoms with Crippen LogP contribution in [0.5, 0.6) is 0 Å². The molecule has 5 rings (SSSR count). The fourth-order valence-electron chi connectivity index (χ4n) is 5.62. The number of aliphatic hydroxyl groups is 1. The molecule has 1 aliphatic heterocycles. The number of hydrogen-bond acceptors (Lipinski definition) is 7. The second-order valence-electron chi connectivity index (χ2n) is 9.68. The minimum atomic E-state index is -0.364. The zero-order valence-corrected chi connectivity index (χ0v) is 19.3. The topological polar surface area (TPSA) is 81.6 Å². The largest absolute Gasteiger partial charge is 0.391 e. The van der Waals surface area contributed by atoms with Crippen molar-refractivity contribution in [3.63, 3.8) is 0 Å². The van der Waals surface area contributed by atoms with Crippen LogP contribution in [0.15, 0.2) is 6.33 Å². The molecule has 0 spiro atoms. The fourth-order valence-corrected chi connectivity index (χ4v) is 6.86. The highest BCUT2D eigenvalue weighted by Gasteiger charge is 2.34. The average molecular weight is 444 g/mol. The highest BCUT2D eigenvalue weighted by atomic mass is 32.1. The summed E-state index contributed by atoms with van der Waals surface area (Å²) in [6.07, 6.45) is 9.28. The van der Waals surface area contributed by atoms with E-state index in [0.717, 1.165) is 41.7 Å². The van der Waals surface area contributed by atoms with Crippen LogP contribution in [0.2, 0.25) is 0 Å². The van der Waals surface area contributed by atoms with Crippen molar-refractivity contribution in [2.75, 3.05) is 32.5 Å². The number of aliphatic hydroxyl groups excluding tert-OH is 1. The molecule has 1 amide bonds. The number of rotatable bonds is 5. The maximum absolute atomic E-state index is 12.9. The van der Waals surface area contributed by atoms with Gasteiger partial charge in [0.1, 0.15) is 17.0 Å². The second kappa shape index (κ2) is 8.64. The number of carbonyl (C=O) groups is 1. The molecule has 7 nitrogen and oxygen atoms in total. The number of aromatic nitrogens is 2. The van der Waals surface area contributed by atoms with Gasteiger partial charge in [0.2, 0.25) is 5.91 Å². The van der Waals surface area contributed by atoms with Crippen LogP contribution in [0.3, 0.4) is 0 Å². The maximum Gasteiger partial charge on any atom is 0.223 e. The minimum absolute atomic E-state index is 0.169. The Kier molecular flexibility index (Phi) is 5.88. The first-order valence-electron chi connectivity index (χ1n) is 11.6. The van der Waals surface area contributed by atoms with Crippen LogP contribution in [0, 0.1) is 0 Å². The van der Waals surface area contributed by atoms with Gasteiger partial charge in [0, 0.05) is 36.5 Å². The Labute approximate surface area is 187 Å². The molecule has 1 unspecified atom stereocenters. The lowest BCUT2D eigenvalue weighted by Gasteiger charge is -2.33. The molecular formula is C23H33N5O2S. The molecule has 2 aliphatic carbocycles. The van der Waals surface area contributed by atoms with Crippen LogP contribution < -0.4 is 5.32 Å². The van der Waals surface area contributed by atoms with Crippen molar-refractivity contribution < 1.29 is 9.90 Å². The fraction of sp³-hybridized carbons (Fsp3) is 0.696. The Morgan fingerprint density at radius 3 is 2.74 bits per heavy atom. The highest BCUT2D eigenvalue weighted by Crippen LogP contribution is 2.47. The quantitative estimate of drug-likeness (QED) is 0.739. The molecule has 0 bridgehead atoms. The van der Waals surface area contributed by atoms with Crippen LogP contribution in [0.4, 0.5) is 5.82 Å². The van der Waals surface area contributed by atoms with Crippen molar-refractivity contribution in [3.8, 4) is 0 Å². The summed E-state index contributed by atoms with van der Waals surface area (Å²) in [4.78, 5) is 28.7. The third-order valence-electron chi connectivity index (χ3n) is 7.44. The van der Waals surface area contributed by atoms with E-state index in [9.17, 15) is 9.90 Å². The second-order valence-corrected chi connectivity index (χ2v) is 10.8. The smallest absolute Gasteiger partial charge is 0.223 e. The van der Waals surface area contributed by atoms with Crippen LogP contribution in [-0.2, 0) is 11.2 Å². The van der Waals surface area contributed by atoms with Crippen LogP contribution in [-0.4, -0.2) is 76.2 Å². The molecule has 2 aromatic heterocycles. The van der Waals surface area contributed by atoms with Gasteiger partial charge >= 0.3 is 0 Å². The van der Waals surface area contributed by atoms with E-state index in [0.29, 0.717) is 38.0 Å². The predicted octanol–water partition coefficient (Wildman–Crippen LogP) is 2.99. The third kappa shape index (κ3) is 4.17. The SMILES string of the molecule is CN(C)C1CCC(Nc2ncnc3sc4c(c23)C(CC(=O)N2CC[C@H](O)C2)CC4)CC1. The number of β-amino-alcohol motifs (C(OH)–C–C–N with tert-alkyl or cyclic N) is 1. The standard InChI is InChI=1S/C23H33N5O2S/c1-27(2)16-6-4-15(5-7-16)26-22-21-20-14(11-19(30)28-10-9-17(29)12-28)3-8-18(20)31-23(21)25-13-24-22/h13-17,29H,3-12H2,1-2H3,(H,24,25,26)/t14?,15?,16?,17-/m0/s1. The van der Waals surface area contributed by atoms with Crippen molar-refractivity contribution in [2.45, 2.75) is 75.5 Å². The summed E-state index contributed by atoms with van der Waals surface area (Å²) in [7, 11) is 4.34. The minimum Gasteiger partial charge on any atom is -0.391 e. The number of aryl methyl sites for hydroxylation is 1. The lowest BCUT2D eigenvalue weighted by atomic mass is 9.90. The molecule has 2 atom stereocenters. The normalized spacial score (nSPS) is 28.5. The first-order chi connectivity index (χ1) is 15.0. The number of anilines is 1. The van der Waals surface area contributed by atoms with E-state index >= 15 is 0 Å². The molecule has 8 heteroatoms. The van der Waals surface area contributed by atoms with E-state index in [1.54, 1.807) is 17.7 Å². The van der Waals surface area contributed by atoms with Gasteiger partial charge < -0.3 is 20.2 Å². The molecule has 0 aromatic carbocycles. The lowest BCUT2D eigenvalue weighted by molar-refractivity contribution is -0.130. The Bertz CT molecular complexity index is 953. The summed E-state index contributed by atoms with van der Waals surface area (Å²) in [5, 5.41) is 14.7. The number of carbonyl (C=O) groups excluding carboxylic acids is 1. The Hall–Kier alpha value is -1.77. The van der Waals surface area contributed by atoms with Gasteiger partial charge in [-0.15, -0.1) is 11.3 Å². The van der Waals surface area contributed by atoms with Crippen LogP contribution in [0.1, 0.15) is 61.3 Å². The number of likely N-dealkylation sites (tertiary alicyclic amines) is 1. The van der Waals surface area contributed by atoms with Crippen molar-refractivity contribution in [1.82, 2.24) is 19.8 Å². The molecule has 3 aliphatic rings. The summed E-state index contributed by atoms with van der Waals surface area (Å²) in [5.74, 6) is 1.35. The zero-order valence-electron chi connectivity index (χ0n) is 18.5. The average Bonchev–Trinajstić information content (AvgIpc) is 3.45. The number of hydrogen-bond donors (Lipinski definition) is 2. The zero-order chi connectivity index (χ0) is 21.5. The Balaban J connectivity index is 1.35. The molecule has 168 valence electrons. The van der Waals surface area contributed by atoms with Crippen molar-refractivity contribution in [3.05, 3.63) is 16.8 Å². The number of nitrogens with one attached hydrogen (secondary N) is 1. The first-order valence-corrected chi connectivity index (χ1v) is 12.5. The first kappa shape index (κ1) is 21.1. The van der Waals surface area contributed by atoms with Gasteiger partial charge in [0.15, 0.2) is 0 Å². The molecule has 1 saturated heterocycles. The predicted molar refractivity (Wildman–Crippen MR) is 124 cm³/mol. The Morgan fingerprint density at radius 2 is 2.03 bits per heavy atom. The summed E-state index contributed by atoms with van der Waals surface area (Å²) in [6, 6.07) is 1.12. The monoisotopic (exact) mass is 443 g/mol. The molecular weight excluding hydrogens is 410 g/mol. The van der Waals surface area contributed by atoms with E-state index in [-0.39, 0.29) is 17.9 Å². The third-order valence-corrected chi connectivity index (χ3v) is 8.61. The maximum atomic E-state index is 12.9. The van der Waals surface area contributed by atoms with E-state index in [1.807, 2.05) is 4.90 Å². The highest BCUT2D eigenvalue weighted by molar-refractivity contribution is 7.19. The van der Waals surface area contributed by atoms with Gasteiger partial charge in [-0.1, -0.05) is 0 Å². The summed E-state index contributed by atoms with van der Waals surface area (Å²) >= 11 is 1.77. The number of amides is 1. The van der Waals surface area contributed by atoms with Gasteiger partial charge in [0.05, 0.1) is 11.5 Å². The number of nitrogens with zero attached hydrogens (tertiary/aromatic N) is 4. The van der Waals surface area contributed by atoms with E-state index in [2.05, 4.69) is 34.3 Å². The lowest BCUT2D eigenvalue weighted by Crippen LogP contribution is -2.36. The van der Waals surface area contributed by atoms with Gasteiger partial charge in [0.25, 0.3) is 0 Å². The van der Waals surface area contributed by atoms with Crippen LogP contribution >= 0.6 is 11.3 Å². The van der Waals surface area contributed by atoms with Gasteiger partial charge in [-0.05, 0) is 70.5 Å². The van der Waals surface area contributed by atoms with Crippen molar-refractivity contribution in [2.24, 2.45) is 0 Å². The molecule has 2 fully saturated rings. The molecule has 2 aromatic rings. The summed E-state index contributed by atoms with van der Waals surface area (Å²) in [6.45, 7) is 1.16. The van der Waals surface area contributed by atoms with Gasteiger partial charge in [-0.2, -0.15) is 0 Å². The summed E-state index contributed by atoms with van der Waals surface area (Å²) in [5.41, 5.74) is 1.30. The number of thiophene rings is 1. The van der Waals surface area contributed by atoms with E-state index in [1.165, 1.54) is 23.3 Å². The Morgan fingerprint density at radius 1 is 1.23 bits per heavy atom. The number of fused-ring (bicyclic) bond motifs is 3. The van der Waals surface area contributed by atoms with Crippen molar-refractivity contribution in [1.29, 1.82) is 0 Å². The van der Waals surface area contributed by atoms with Crippen molar-refractivity contribution >= 4 is 33.3 Å². The van der Waals surface area contributed by atoms with E-state index in [4.69, 9.17) is 0 Å². The van der Waals surface area contributed by atoms with Gasteiger partial charge in [-0.3, -0.25) is 4.79 Å². The van der Waals surface area contributed by atoms with E-state index < -0.39 is 0 Å². The molecule has 2 N–H and O–H groups in total. The van der Waals surface area contributed by atoms with Gasteiger partial charge in [-0.25, -0.2) is 9.97 Å². The molecule has 0 radical (unpaired) electrons. The molecule has 3 heterocycles. The van der Waals surface area contributed by atoms with Crippen LogP contribution in [0.25, 0.3) is 10.2 Å².